The quantitative estimate of drug-likeness (QED) is 0.822. The van der Waals surface area contributed by atoms with Crippen LogP contribution in [0.1, 0.15) is 33.4 Å². The van der Waals surface area contributed by atoms with Crippen LogP contribution in [0.4, 0.5) is 0 Å². The van der Waals surface area contributed by atoms with Crippen molar-refractivity contribution in [3.8, 4) is 10.7 Å². The second kappa shape index (κ2) is 7.31. The fraction of sp³-hybridized carbons (Fsp3) is 0.529. The predicted molar refractivity (Wildman–Crippen MR) is 91.7 cm³/mol. The molecule has 0 spiro atoms. The smallest absolute Gasteiger partial charge is 0.142 e. The lowest BCUT2D eigenvalue weighted by atomic mass is 9.81. The summed E-state index contributed by atoms with van der Waals surface area (Å²) in [6.07, 6.45) is 1.46. The summed E-state index contributed by atoms with van der Waals surface area (Å²) in [5, 5.41) is 16.7. The van der Waals surface area contributed by atoms with Crippen LogP contribution in [-0.4, -0.2) is 27.7 Å². The number of aliphatic hydroxyl groups excluding tert-OH is 1. The number of hydrogen-bond acceptors (Lipinski definition) is 5. The van der Waals surface area contributed by atoms with E-state index in [1.165, 1.54) is 0 Å². The maximum absolute atomic E-state index is 10.2. The lowest BCUT2D eigenvalue weighted by molar-refractivity contribution is 0.0134. The molecule has 4 nitrogen and oxygen atoms in total. The average Bonchev–Trinajstić information content (AvgIpc) is 2.96. The Morgan fingerprint density at radius 2 is 2.09 bits per heavy atom. The number of thiazole rings is 1. The molecule has 0 saturated heterocycles. The molecule has 0 fully saturated rings. The van der Waals surface area contributed by atoms with Gasteiger partial charge in [-0.15, -0.1) is 11.3 Å². The monoisotopic (exact) mass is 319 g/mol. The van der Waals surface area contributed by atoms with E-state index in [1.54, 1.807) is 17.5 Å². The SMILES string of the molecule is CC(C)C(O)C(C)(C)CNCc1csc(-c2ccccn2)n1. The summed E-state index contributed by atoms with van der Waals surface area (Å²) < 4.78 is 0. The van der Waals surface area contributed by atoms with E-state index in [9.17, 15) is 5.11 Å². The van der Waals surface area contributed by atoms with Gasteiger partial charge in [-0.1, -0.05) is 33.8 Å². The third kappa shape index (κ3) is 4.35. The summed E-state index contributed by atoms with van der Waals surface area (Å²) >= 11 is 1.61. The third-order valence-corrected chi connectivity index (χ3v) is 4.67. The first kappa shape index (κ1) is 17.1. The molecular weight excluding hydrogens is 294 g/mol. The zero-order valence-corrected chi connectivity index (χ0v) is 14.5. The van der Waals surface area contributed by atoms with E-state index in [0.29, 0.717) is 6.54 Å². The van der Waals surface area contributed by atoms with E-state index in [4.69, 9.17) is 0 Å². The van der Waals surface area contributed by atoms with Crippen molar-refractivity contribution < 1.29 is 5.11 Å². The van der Waals surface area contributed by atoms with Crippen molar-refractivity contribution >= 4 is 11.3 Å². The molecule has 120 valence electrons. The topological polar surface area (TPSA) is 58.0 Å². The first-order valence-corrected chi connectivity index (χ1v) is 8.52. The van der Waals surface area contributed by atoms with E-state index < -0.39 is 0 Å². The Kier molecular flexibility index (Phi) is 5.67. The maximum Gasteiger partial charge on any atom is 0.142 e. The van der Waals surface area contributed by atoms with Gasteiger partial charge in [0.1, 0.15) is 5.01 Å². The van der Waals surface area contributed by atoms with E-state index in [1.807, 2.05) is 32.0 Å². The number of rotatable bonds is 7. The Bertz CT molecular complexity index is 581. The van der Waals surface area contributed by atoms with Crippen LogP contribution in [0, 0.1) is 11.3 Å². The standard InChI is InChI=1S/C17H25N3OS/c1-12(2)15(21)17(3,4)11-18-9-13-10-22-16(20-13)14-7-5-6-8-19-14/h5-8,10,12,15,18,21H,9,11H2,1-4H3. The summed E-state index contributed by atoms with van der Waals surface area (Å²) in [6.45, 7) is 9.73. The molecule has 1 unspecified atom stereocenters. The van der Waals surface area contributed by atoms with Crippen LogP contribution in [0.3, 0.4) is 0 Å². The van der Waals surface area contributed by atoms with Gasteiger partial charge >= 0.3 is 0 Å². The summed E-state index contributed by atoms with van der Waals surface area (Å²) in [6, 6.07) is 5.84. The number of aliphatic hydroxyl groups is 1. The van der Waals surface area contributed by atoms with Crippen molar-refractivity contribution in [2.24, 2.45) is 11.3 Å². The number of hydrogen-bond donors (Lipinski definition) is 2. The van der Waals surface area contributed by atoms with E-state index in [2.05, 4.69) is 34.5 Å². The molecule has 2 aromatic heterocycles. The summed E-state index contributed by atoms with van der Waals surface area (Å²) in [7, 11) is 0. The normalized spacial score (nSPS) is 13.5. The zero-order valence-electron chi connectivity index (χ0n) is 13.7. The van der Waals surface area contributed by atoms with Gasteiger partial charge in [-0.3, -0.25) is 4.98 Å². The molecule has 0 aliphatic rings. The number of aromatic nitrogens is 2. The van der Waals surface area contributed by atoms with Crippen molar-refractivity contribution in [2.45, 2.75) is 40.3 Å². The zero-order chi connectivity index (χ0) is 16.2. The fourth-order valence-corrected chi connectivity index (χ4v) is 3.31. The molecule has 0 bridgehead atoms. The summed E-state index contributed by atoms with van der Waals surface area (Å²) in [5.41, 5.74) is 1.77. The minimum atomic E-state index is -0.320. The Balaban J connectivity index is 1.89. The molecule has 2 heterocycles. The lowest BCUT2D eigenvalue weighted by Gasteiger charge is -2.33. The average molecular weight is 319 g/mol. The van der Waals surface area contributed by atoms with Crippen LogP contribution in [0.2, 0.25) is 0 Å². The first-order valence-electron chi connectivity index (χ1n) is 7.65. The predicted octanol–water partition coefficient (Wildman–Crippen LogP) is 3.34. The van der Waals surface area contributed by atoms with E-state index in [-0.39, 0.29) is 17.4 Å². The second-order valence-electron chi connectivity index (χ2n) is 6.64. The highest BCUT2D eigenvalue weighted by Gasteiger charge is 2.29. The van der Waals surface area contributed by atoms with E-state index in [0.717, 1.165) is 22.9 Å². The van der Waals surface area contributed by atoms with Gasteiger partial charge in [-0.05, 0) is 18.1 Å². The highest BCUT2D eigenvalue weighted by molar-refractivity contribution is 7.13. The largest absolute Gasteiger partial charge is 0.392 e. The highest BCUT2D eigenvalue weighted by atomic mass is 32.1. The number of nitrogens with one attached hydrogen (secondary N) is 1. The summed E-state index contributed by atoms with van der Waals surface area (Å²) in [5.74, 6) is 0.256. The minimum Gasteiger partial charge on any atom is -0.392 e. The summed E-state index contributed by atoms with van der Waals surface area (Å²) in [4.78, 5) is 8.93. The number of nitrogens with zero attached hydrogens (tertiary/aromatic N) is 2. The number of pyridine rings is 1. The molecule has 0 saturated carbocycles. The van der Waals surface area contributed by atoms with Crippen molar-refractivity contribution in [1.82, 2.24) is 15.3 Å². The Morgan fingerprint density at radius 3 is 2.73 bits per heavy atom. The molecule has 0 amide bonds. The minimum absolute atomic E-state index is 0.159. The molecular formula is C17H25N3OS. The van der Waals surface area contributed by atoms with Crippen molar-refractivity contribution in [3.63, 3.8) is 0 Å². The van der Waals surface area contributed by atoms with Crippen molar-refractivity contribution in [2.75, 3.05) is 6.54 Å². The Morgan fingerprint density at radius 1 is 1.32 bits per heavy atom. The van der Waals surface area contributed by atoms with Gasteiger partial charge in [0.05, 0.1) is 17.5 Å². The Labute approximate surface area is 136 Å². The molecule has 2 N–H and O–H groups in total. The van der Waals surface area contributed by atoms with Gasteiger partial charge in [-0.2, -0.15) is 0 Å². The van der Waals surface area contributed by atoms with Gasteiger partial charge in [-0.25, -0.2) is 4.98 Å². The molecule has 5 heteroatoms. The molecule has 0 aliphatic heterocycles. The fourth-order valence-electron chi connectivity index (χ4n) is 2.51. The van der Waals surface area contributed by atoms with Crippen LogP contribution >= 0.6 is 11.3 Å². The van der Waals surface area contributed by atoms with Gasteiger partial charge in [0.15, 0.2) is 0 Å². The van der Waals surface area contributed by atoms with Gasteiger partial charge in [0, 0.05) is 30.1 Å². The molecule has 0 aliphatic carbocycles. The van der Waals surface area contributed by atoms with Gasteiger partial charge in [0.2, 0.25) is 0 Å². The van der Waals surface area contributed by atoms with Crippen LogP contribution in [0.5, 0.6) is 0 Å². The van der Waals surface area contributed by atoms with E-state index >= 15 is 0 Å². The maximum atomic E-state index is 10.2. The van der Waals surface area contributed by atoms with Crippen LogP contribution in [-0.2, 0) is 6.54 Å². The Hall–Kier alpha value is -1.30. The second-order valence-corrected chi connectivity index (χ2v) is 7.50. The molecule has 1 atom stereocenters. The highest BCUT2D eigenvalue weighted by Crippen LogP contribution is 2.25. The molecule has 2 aromatic rings. The third-order valence-electron chi connectivity index (χ3n) is 3.75. The lowest BCUT2D eigenvalue weighted by Crippen LogP contribution is -2.41. The molecule has 0 radical (unpaired) electrons. The molecule has 2 rings (SSSR count). The van der Waals surface area contributed by atoms with Crippen molar-refractivity contribution in [3.05, 3.63) is 35.5 Å². The van der Waals surface area contributed by atoms with Crippen molar-refractivity contribution in [1.29, 1.82) is 0 Å². The van der Waals surface area contributed by atoms with Crippen LogP contribution in [0.15, 0.2) is 29.8 Å². The first-order chi connectivity index (χ1) is 10.4. The molecule has 0 aromatic carbocycles. The van der Waals surface area contributed by atoms with Crippen LogP contribution in [0.25, 0.3) is 10.7 Å². The van der Waals surface area contributed by atoms with Gasteiger partial charge in [0.25, 0.3) is 0 Å². The van der Waals surface area contributed by atoms with Crippen LogP contribution < -0.4 is 5.32 Å². The van der Waals surface area contributed by atoms with Gasteiger partial charge < -0.3 is 10.4 Å². The molecule has 22 heavy (non-hydrogen) atoms.